The molecule has 6 heteroatoms. The molecule has 5 nitrogen and oxygen atoms in total. The van der Waals surface area contributed by atoms with Gasteiger partial charge in [-0.25, -0.2) is 0 Å². The number of nitrogens with zero attached hydrogens (tertiary/aromatic N) is 1. The van der Waals surface area contributed by atoms with Crippen LogP contribution in [0.2, 0.25) is 0 Å². The van der Waals surface area contributed by atoms with Crippen LogP contribution < -0.4 is 10.1 Å². The predicted molar refractivity (Wildman–Crippen MR) is 128 cm³/mol. The molecule has 0 radical (unpaired) electrons. The average molecular weight is 443 g/mol. The van der Waals surface area contributed by atoms with E-state index in [-0.39, 0.29) is 17.4 Å². The second-order valence-corrected chi connectivity index (χ2v) is 9.75. The maximum atomic E-state index is 13.1. The zero-order chi connectivity index (χ0) is 23.0. The zero-order valence-electron chi connectivity index (χ0n) is 19.4. The highest BCUT2D eigenvalue weighted by Crippen LogP contribution is 2.18. The highest BCUT2D eigenvalue weighted by atomic mass is 32.2. The molecule has 2 rings (SSSR count). The molecule has 0 aliphatic heterocycles. The molecule has 0 aromatic heterocycles. The SMILES string of the molecule is COc1ccc(CN(C(=O)CSCc2cccc(C)c2)C(C)C(=O)NC(C)(C)C)cc1. The van der Waals surface area contributed by atoms with Gasteiger partial charge in [0.05, 0.1) is 12.9 Å². The van der Waals surface area contributed by atoms with Crippen molar-refractivity contribution < 1.29 is 14.3 Å². The Morgan fingerprint density at radius 2 is 1.77 bits per heavy atom. The van der Waals surface area contributed by atoms with Crippen LogP contribution in [0.4, 0.5) is 0 Å². The van der Waals surface area contributed by atoms with Crippen molar-refractivity contribution in [1.82, 2.24) is 10.2 Å². The Morgan fingerprint density at radius 3 is 2.35 bits per heavy atom. The second-order valence-electron chi connectivity index (χ2n) is 8.77. The molecule has 0 aliphatic carbocycles. The van der Waals surface area contributed by atoms with Crippen molar-refractivity contribution in [2.75, 3.05) is 12.9 Å². The number of methoxy groups -OCH3 is 1. The average Bonchev–Trinajstić information content (AvgIpc) is 2.70. The summed E-state index contributed by atoms with van der Waals surface area (Å²) < 4.78 is 5.22. The van der Waals surface area contributed by atoms with Crippen molar-refractivity contribution in [3.05, 3.63) is 65.2 Å². The van der Waals surface area contributed by atoms with Crippen molar-refractivity contribution in [3.63, 3.8) is 0 Å². The van der Waals surface area contributed by atoms with Crippen molar-refractivity contribution >= 4 is 23.6 Å². The summed E-state index contributed by atoms with van der Waals surface area (Å²) in [5, 5.41) is 2.99. The van der Waals surface area contributed by atoms with Crippen LogP contribution in [0.3, 0.4) is 0 Å². The summed E-state index contributed by atoms with van der Waals surface area (Å²) in [6, 6.07) is 15.3. The highest BCUT2D eigenvalue weighted by Gasteiger charge is 2.28. The molecule has 2 amide bonds. The number of thioether (sulfide) groups is 1. The van der Waals surface area contributed by atoms with E-state index < -0.39 is 6.04 Å². The van der Waals surface area contributed by atoms with E-state index in [1.807, 2.05) is 51.1 Å². The lowest BCUT2D eigenvalue weighted by molar-refractivity contribution is -0.139. The molecule has 0 saturated heterocycles. The molecule has 168 valence electrons. The van der Waals surface area contributed by atoms with Gasteiger partial charge in [0.1, 0.15) is 11.8 Å². The number of hydrogen-bond donors (Lipinski definition) is 1. The molecular formula is C25H34N2O3S. The molecule has 0 aliphatic rings. The van der Waals surface area contributed by atoms with Crippen LogP contribution in [0.1, 0.15) is 44.4 Å². The third-order valence-corrected chi connectivity index (χ3v) is 5.74. The quantitative estimate of drug-likeness (QED) is 0.618. The Kier molecular flexibility index (Phi) is 8.99. The van der Waals surface area contributed by atoms with E-state index >= 15 is 0 Å². The summed E-state index contributed by atoms with van der Waals surface area (Å²) >= 11 is 1.57. The van der Waals surface area contributed by atoms with Crippen LogP contribution in [0.25, 0.3) is 0 Å². The van der Waals surface area contributed by atoms with Gasteiger partial charge in [0.15, 0.2) is 0 Å². The van der Waals surface area contributed by atoms with Gasteiger partial charge in [0, 0.05) is 17.8 Å². The topological polar surface area (TPSA) is 58.6 Å². The van der Waals surface area contributed by atoms with E-state index in [4.69, 9.17) is 4.74 Å². The molecule has 1 atom stereocenters. The second kappa shape index (κ2) is 11.2. The van der Waals surface area contributed by atoms with Crippen LogP contribution in [0.5, 0.6) is 5.75 Å². The number of nitrogens with one attached hydrogen (secondary N) is 1. The minimum absolute atomic E-state index is 0.0509. The Morgan fingerprint density at radius 1 is 1.10 bits per heavy atom. The van der Waals surface area contributed by atoms with Crippen LogP contribution in [0.15, 0.2) is 48.5 Å². The van der Waals surface area contributed by atoms with E-state index in [2.05, 4.69) is 30.4 Å². The number of aryl methyl sites for hydroxylation is 1. The number of benzene rings is 2. The fourth-order valence-corrected chi connectivity index (χ4v) is 3.98. The van der Waals surface area contributed by atoms with Gasteiger partial charge >= 0.3 is 0 Å². The highest BCUT2D eigenvalue weighted by molar-refractivity contribution is 7.99. The third-order valence-electron chi connectivity index (χ3n) is 4.75. The number of carbonyl (C=O) groups is 2. The first-order valence-electron chi connectivity index (χ1n) is 10.5. The summed E-state index contributed by atoms with van der Waals surface area (Å²) in [5.41, 5.74) is 2.99. The molecule has 1 unspecified atom stereocenters. The molecule has 0 fully saturated rings. The maximum absolute atomic E-state index is 13.1. The molecule has 0 saturated carbocycles. The van der Waals surface area contributed by atoms with Crippen LogP contribution in [-0.4, -0.2) is 41.2 Å². The number of rotatable bonds is 9. The smallest absolute Gasteiger partial charge is 0.242 e. The number of carbonyl (C=O) groups excluding carboxylic acids is 2. The summed E-state index contributed by atoms with van der Waals surface area (Å²) in [4.78, 5) is 27.6. The van der Waals surface area contributed by atoms with Gasteiger partial charge in [0.25, 0.3) is 0 Å². The number of hydrogen-bond acceptors (Lipinski definition) is 4. The lowest BCUT2D eigenvalue weighted by Crippen LogP contribution is -2.52. The van der Waals surface area contributed by atoms with Crippen LogP contribution >= 0.6 is 11.8 Å². The molecule has 1 N–H and O–H groups in total. The van der Waals surface area contributed by atoms with Gasteiger partial charge < -0.3 is 15.0 Å². The number of ether oxygens (including phenoxy) is 1. The molecule has 0 heterocycles. The normalized spacial score (nSPS) is 12.2. The monoisotopic (exact) mass is 442 g/mol. The number of amides is 2. The first-order chi connectivity index (χ1) is 14.6. The Labute approximate surface area is 190 Å². The van der Waals surface area contributed by atoms with Gasteiger partial charge in [-0.05, 0) is 57.9 Å². The summed E-state index contributed by atoms with van der Waals surface area (Å²) in [7, 11) is 1.62. The Hall–Kier alpha value is -2.47. The van der Waals surface area contributed by atoms with Gasteiger partial charge in [-0.2, -0.15) is 0 Å². The van der Waals surface area contributed by atoms with Crippen LogP contribution in [0, 0.1) is 6.92 Å². The predicted octanol–water partition coefficient (Wildman–Crippen LogP) is 4.57. The van der Waals surface area contributed by atoms with Gasteiger partial charge in [-0.1, -0.05) is 42.0 Å². The summed E-state index contributed by atoms with van der Waals surface area (Å²) in [6.45, 7) is 10.0. The zero-order valence-corrected chi connectivity index (χ0v) is 20.2. The molecular weight excluding hydrogens is 408 g/mol. The van der Waals surface area contributed by atoms with E-state index in [1.54, 1.807) is 30.7 Å². The molecule has 2 aromatic carbocycles. The molecule has 2 aromatic rings. The lowest BCUT2D eigenvalue weighted by Gasteiger charge is -2.31. The fraction of sp³-hybridized carbons (Fsp3) is 0.440. The van der Waals surface area contributed by atoms with E-state index in [0.29, 0.717) is 12.3 Å². The van der Waals surface area contributed by atoms with Gasteiger partial charge in [0.2, 0.25) is 11.8 Å². The van der Waals surface area contributed by atoms with E-state index in [0.717, 1.165) is 17.1 Å². The Bertz CT molecular complexity index is 875. The minimum Gasteiger partial charge on any atom is -0.497 e. The lowest BCUT2D eigenvalue weighted by atomic mass is 10.1. The van der Waals surface area contributed by atoms with Crippen LogP contribution in [-0.2, 0) is 21.9 Å². The van der Waals surface area contributed by atoms with Crippen molar-refractivity contribution in [2.24, 2.45) is 0 Å². The summed E-state index contributed by atoms with van der Waals surface area (Å²) in [6.07, 6.45) is 0. The van der Waals surface area contributed by atoms with E-state index in [1.165, 1.54) is 11.1 Å². The van der Waals surface area contributed by atoms with Crippen molar-refractivity contribution in [2.45, 2.75) is 58.5 Å². The maximum Gasteiger partial charge on any atom is 0.242 e. The Balaban J connectivity index is 2.10. The van der Waals surface area contributed by atoms with Gasteiger partial charge in [-0.15, -0.1) is 11.8 Å². The first-order valence-corrected chi connectivity index (χ1v) is 11.6. The van der Waals surface area contributed by atoms with Gasteiger partial charge in [-0.3, -0.25) is 9.59 Å². The fourth-order valence-electron chi connectivity index (χ4n) is 3.13. The minimum atomic E-state index is -0.576. The van der Waals surface area contributed by atoms with Crippen molar-refractivity contribution in [1.29, 1.82) is 0 Å². The molecule has 0 bridgehead atoms. The van der Waals surface area contributed by atoms with Crippen molar-refractivity contribution in [3.8, 4) is 5.75 Å². The third kappa shape index (κ3) is 8.29. The standard InChI is InChI=1S/C25H34N2O3S/c1-18-8-7-9-21(14-18)16-31-17-23(28)27(19(2)24(29)26-25(3,4)5)15-20-10-12-22(30-6)13-11-20/h7-14,19H,15-17H2,1-6H3,(H,26,29). The molecule has 31 heavy (non-hydrogen) atoms. The first kappa shape index (κ1) is 24.8. The largest absolute Gasteiger partial charge is 0.497 e. The van der Waals surface area contributed by atoms with E-state index in [9.17, 15) is 9.59 Å². The summed E-state index contributed by atoms with van der Waals surface area (Å²) in [5.74, 6) is 1.63. The molecule has 0 spiro atoms.